The van der Waals surface area contributed by atoms with Crippen molar-refractivity contribution in [2.75, 3.05) is 12.4 Å². The minimum absolute atomic E-state index is 0.130. The Labute approximate surface area is 162 Å². The van der Waals surface area contributed by atoms with Crippen LogP contribution in [0.15, 0.2) is 52.0 Å². The molecule has 1 heterocycles. The third-order valence-electron chi connectivity index (χ3n) is 3.80. The largest absolute Gasteiger partial charge is 0.495 e. The second kappa shape index (κ2) is 7.88. The molecule has 0 radical (unpaired) electrons. The Morgan fingerprint density at radius 3 is 2.85 bits per heavy atom. The fraction of sp³-hybridized carbons (Fsp3) is 0.167. The quantitative estimate of drug-likeness (QED) is 0.659. The maximum atomic E-state index is 12.5. The summed E-state index contributed by atoms with van der Waals surface area (Å²) in [6, 6.07) is 10.3. The first-order valence-electron chi connectivity index (χ1n) is 7.76. The Morgan fingerprint density at radius 2 is 2.12 bits per heavy atom. The summed E-state index contributed by atoms with van der Waals surface area (Å²) in [7, 11) is 1.52. The molecule has 0 aliphatic carbocycles. The highest BCUT2D eigenvalue weighted by Crippen LogP contribution is 2.27. The summed E-state index contributed by atoms with van der Waals surface area (Å²) in [4.78, 5) is 28.9. The van der Waals surface area contributed by atoms with Crippen molar-refractivity contribution in [1.29, 1.82) is 0 Å². The van der Waals surface area contributed by atoms with Gasteiger partial charge in [0.2, 0.25) is 5.91 Å². The van der Waals surface area contributed by atoms with Crippen LogP contribution in [0.2, 0.25) is 5.02 Å². The van der Waals surface area contributed by atoms with E-state index in [1.54, 1.807) is 30.3 Å². The number of halogens is 2. The number of ether oxygens (including phenoxy) is 1. The number of hydrogen-bond donors (Lipinski definition) is 1. The smallest absolute Gasteiger partial charge is 0.261 e. The maximum Gasteiger partial charge on any atom is 0.261 e. The number of fused-ring (bicyclic) bond motifs is 1. The summed E-state index contributed by atoms with van der Waals surface area (Å²) in [6.45, 7) is 0.226. The van der Waals surface area contributed by atoms with Gasteiger partial charge in [-0.25, -0.2) is 4.98 Å². The van der Waals surface area contributed by atoms with Gasteiger partial charge in [0.15, 0.2) is 0 Å². The third-order valence-corrected chi connectivity index (χ3v) is 4.59. The first-order chi connectivity index (χ1) is 12.5. The van der Waals surface area contributed by atoms with Gasteiger partial charge in [0, 0.05) is 23.1 Å². The van der Waals surface area contributed by atoms with Crippen LogP contribution in [0, 0.1) is 0 Å². The second-order valence-corrected chi connectivity index (χ2v) is 6.87. The number of benzene rings is 2. The number of aromatic nitrogens is 2. The van der Waals surface area contributed by atoms with Crippen LogP contribution in [0.25, 0.3) is 10.9 Å². The van der Waals surface area contributed by atoms with E-state index in [2.05, 4.69) is 26.2 Å². The Bertz CT molecular complexity index is 1040. The van der Waals surface area contributed by atoms with Gasteiger partial charge in [-0.15, -0.1) is 0 Å². The van der Waals surface area contributed by atoms with Gasteiger partial charge in [0.1, 0.15) is 5.75 Å². The molecule has 1 N–H and O–H groups in total. The molecular formula is C18H15BrClN3O3. The summed E-state index contributed by atoms with van der Waals surface area (Å²) in [5.41, 5.74) is 0.997. The SMILES string of the molecule is COc1ccc(NC(=O)CCn2cnc3ccc(Br)cc3c2=O)cc1Cl. The van der Waals surface area contributed by atoms with Crippen molar-refractivity contribution >= 4 is 50.0 Å². The molecule has 2 aromatic carbocycles. The van der Waals surface area contributed by atoms with Crippen molar-refractivity contribution in [2.24, 2.45) is 0 Å². The molecule has 6 nitrogen and oxygen atoms in total. The van der Waals surface area contributed by atoms with Gasteiger partial charge in [-0.3, -0.25) is 14.2 Å². The minimum atomic E-state index is -0.229. The van der Waals surface area contributed by atoms with Crippen LogP contribution in [0.1, 0.15) is 6.42 Å². The molecule has 26 heavy (non-hydrogen) atoms. The highest BCUT2D eigenvalue weighted by atomic mass is 79.9. The molecule has 0 aliphatic heterocycles. The van der Waals surface area contributed by atoms with Crippen LogP contribution in [0.3, 0.4) is 0 Å². The first kappa shape index (κ1) is 18.4. The Kier molecular flexibility index (Phi) is 5.58. The van der Waals surface area contributed by atoms with E-state index >= 15 is 0 Å². The van der Waals surface area contributed by atoms with Crippen LogP contribution in [-0.2, 0) is 11.3 Å². The molecule has 8 heteroatoms. The standard InChI is InChI=1S/C18H15BrClN3O3/c1-26-16-5-3-12(9-14(16)20)22-17(24)6-7-23-10-21-15-4-2-11(19)8-13(15)18(23)25/h2-5,8-10H,6-7H2,1H3,(H,22,24). The van der Waals surface area contributed by atoms with Crippen molar-refractivity contribution in [1.82, 2.24) is 9.55 Å². The van der Waals surface area contributed by atoms with Crippen LogP contribution >= 0.6 is 27.5 Å². The van der Waals surface area contributed by atoms with E-state index < -0.39 is 0 Å². The third kappa shape index (κ3) is 4.05. The van der Waals surface area contributed by atoms with E-state index in [0.29, 0.717) is 27.4 Å². The van der Waals surface area contributed by atoms with E-state index in [-0.39, 0.29) is 24.4 Å². The van der Waals surface area contributed by atoms with Gasteiger partial charge in [-0.2, -0.15) is 0 Å². The van der Waals surface area contributed by atoms with Crippen LogP contribution in [0.4, 0.5) is 5.69 Å². The van der Waals surface area contributed by atoms with E-state index in [1.165, 1.54) is 18.0 Å². The number of carbonyl (C=O) groups excluding carboxylic acids is 1. The van der Waals surface area contributed by atoms with E-state index in [9.17, 15) is 9.59 Å². The topological polar surface area (TPSA) is 73.2 Å². The number of anilines is 1. The van der Waals surface area contributed by atoms with E-state index in [0.717, 1.165) is 4.47 Å². The molecule has 3 aromatic rings. The van der Waals surface area contributed by atoms with E-state index in [4.69, 9.17) is 16.3 Å². The molecule has 0 spiro atoms. The molecule has 134 valence electrons. The van der Waals surface area contributed by atoms with Crippen LogP contribution < -0.4 is 15.6 Å². The van der Waals surface area contributed by atoms with Crippen molar-refractivity contribution in [3.8, 4) is 5.75 Å². The number of nitrogens with one attached hydrogen (secondary N) is 1. The summed E-state index contributed by atoms with van der Waals surface area (Å²) in [6.07, 6.45) is 1.58. The normalized spacial score (nSPS) is 10.7. The van der Waals surface area contributed by atoms with Gasteiger partial charge in [0.05, 0.1) is 29.4 Å². The van der Waals surface area contributed by atoms with Gasteiger partial charge >= 0.3 is 0 Å². The molecule has 0 fully saturated rings. The highest BCUT2D eigenvalue weighted by molar-refractivity contribution is 9.10. The summed E-state index contributed by atoms with van der Waals surface area (Å²) in [5, 5.41) is 3.66. The fourth-order valence-electron chi connectivity index (χ4n) is 2.48. The first-order valence-corrected chi connectivity index (χ1v) is 8.93. The molecule has 0 saturated heterocycles. The minimum Gasteiger partial charge on any atom is -0.495 e. The summed E-state index contributed by atoms with van der Waals surface area (Å²) < 4.78 is 7.30. The zero-order chi connectivity index (χ0) is 18.7. The molecule has 1 amide bonds. The van der Waals surface area contributed by atoms with E-state index in [1.807, 2.05) is 6.07 Å². The molecule has 0 bridgehead atoms. The number of carbonyl (C=O) groups is 1. The molecule has 3 rings (SSSR count). The molecule has 0 unspecified atom stereocenters. The lowest BCUT2D eigenvalue weighted by Gasteiger charge is -2.09. The van der Waals surface area contributed by atoms with Gasteiger partial charge in [0.25, 0.3) is 5.56 Å². The number of methoxy groups -OCH3 is 1. The molecule has 0 saturated carbocycles. The summed E-state index contributed by atoms with van der Waals surface area (Å²) in [5.74, 6) is 0.303. The number of amides is 1. The lowest BCUT2D eigenvalue weighted by Crippen LogP contribution is -2.23. The monoisotopic (exact) mass is 435 g/mol. The fourth-order valence-corrected chi connectivity index (χ4v) is 3.10. The molecule has 0 atom stereocenters. The van der Waals surface area contributed by atoms with Crippen molar-refractivity contribution in [2.45, 2.75) is 13.0 Å². The van der Waals surface area contributed by atoms with Crippen molar-refractivity contribution in [3.63, 3.8) is 0 Å². The molecular weight excluding hydrogens is 422 g/mol. The van der Waals surface area contributed by atoms with Crippen LogP contribution in [-0.4, -0.2) is 22.6 Å². The Balaban J connectivity index is 1.70. The highest BCUT2D eigenvalue weighted by Gasteiger charge is 2.09. The predicted octanol–water partition coefficient (Wildman–Crippen LogP) is 3.85. The van der Waals surface area contributed by atoms with Crippen molar-refractivity contribution in [3.05, 3.63) is 62.6 Å². The number of rotatable bonds is 5. The van der Waals surface area contributed by atoms with Gasteiger partial charge < -0.3 is 10.1 Å². The second-order valence-electron chi connectivity index (χ2n) is 5.55. The predicted molar refractivity (Wildman–Crippen MR) is 105 cm³/mol. The van der Waals surface area contributed by atoms with Crippen LogP contribution in [0.5, 0.6) is 5.75 Å². The average molecular weight is 437 g/mol. The maximum absolute atomic E-state index is 12.5. The number of hydrogen-bond acceptors (Lipinski definition) is 4. The average Bonchev–Trinajstić information content (AvgIpc) is 2.62. The zero-order valence-electron chi connectivity index (χ0n) is 13.8. The lowest BCUT2D eigenvalue weighted by atomic mass is 10.2. The molecule has 0 aliphatic rings. The Morgan fingerprint density at radius 1 is 1.31 bits per heavy atom. The zero-order valence-corrected chi connectivity index (χ0v) is 16.2. The Hall–Kier alpha value is -2.38. The lowest BCUT2D eigenvalue weighted by molar-refractivity contribution is -0.116. The molecule has 1 aromatic heterocycles. The van der Waals surface area contributed by atoms with Gasteiger partial charge in [-0.05, 0) is 36.4 Å². The van der Waals surface area contributed by atoms with Gasteiger partial charge in [-0.1, -0.05) is 27.5 Å². The summed E-state index contributed by atoms with van der Waals surface area (Å²) >= 11 is 9.39. The van der Waals surface area contributed by atoms with Crippen molar-refractivity contribution < 1.29 is 9.53 Å². The number of nitrogens with zero attached hydrogens (tertiary/aromatic N) is 2. The number of aryl methyl sites for hydroxylation is 1.